The maximum atomic E-state index is 14.6. The second-order valence-electron chi connectivity index (χ2n) is 14.2. The number of rotatable bonds is 8. The molecule has 1 aromatic carbocycles. The molecule has 236 valence electrons. The van der Waals surface area contributed by atoms with E-state index >= 15 is 0 Å². The van der Waals surface area contributed by atoms with Crippen molar-refractivity contribution in [2.75, 3.05) is 13.7 Å². The molecule has 0 spiro atoms. The topological polar surface area (TPSA) is 98.2 Å². The zero-order valence-electron chi connectivity index (χ0n) is 27.4. The van der Waals surface area contributed by atoms with Crippen molar-refractivity contribution in [1.82, 2.24) is 9.88 Å². The van der Waals surface area contributed by atoms with Gasteiger partial charge in [0.25, 0.3) is 5.91 Å². The number of likely N-dealkylation sites (tertiary alicyclic amines) is 1. The number of carbonyl (C=O) groups excluding carboxylic acids is 1. The maximum absolute atomic E-state index is 14.6. The highest BCUT2D eigenvalue weighted by atomic mass is 16.5. The van der Waals surface area contributed by atoms with Crippen LogP contribution in [0.2, 0.25) is 0 Å². The fourth-order valence-corrected chi connectivity index (χ4v) is 7.19. The minimum Gasteiger partial charge on any atom is -0.481 e. The van der Waals surface area contributed by atoms with Crippen molar-refractivity contribution in [1.29, 1.82) is 0 Å². The summed E-state index contributed by atoms with van der Waals surface area (Å²) in [6, 6.07) is 11.2. The van der Waals surface area contributed by atoms with E-state index in [1.807, 2.05) is 71.0 Å². The summed E-state index contributed by atoms with van der Waals surface area (Å²) in [7, 11) is 1.60. The van der Waals surface area contributed by atoms with Gasteiger partial charge in [0.15, 0.2) is 0 Å². The number of hydrogen-bond acceptors (Lipinski definition) is 6. The first-order valence-corrected chi connectivity index (χ1v) is 15.6. The molecule has 8 heteroatoms. The Morgan fingerprint density at radius 1 is 1.09 bits per heavy atom. The van der Waals surface area contributed by atoms with Crippen LogP contribution in [-0.2, 0) is 31.1 Å². The molecule has 1 amide bonds. The van der Waals surface area contributed by atoms with Gasteiger partial charge >= 0.3 is 5.97 Å². The van der Waals surface area contributed by atoms with Gasteiger partial charge in [0.05, 0.1) is 25.9 Å². The largest absolute Gasteiger partial charge is 0.481 e. The highest BCUT2D eigenvalue weighted by molar-refractivity contribution is 5.91. The van der Waals surface area contributed by atoms with Crippen LogP contribution in [-0.4, -0.2) is 58.3 Å². The van der Waals surface area contributed by atoms with E-state index < -0.39 is 41.1 Å². The molecular formula is C35H50N2O6. The summed E-state index contributed by atoms with van der Waals surface area (Å²) in [4.78, 5) is 34.6. The Balaban J connectivity index is 1.90. The highest BCUT2D eigenvalue weighted by Gasteiger charge is 2.68. The van der Waals surface area contributed by atoms with Crippen molar-refractivity contribution in [2.45, 2.75) is 117 Å². The van der Waals surface area contributed by atoms with Gasteiger partial charge in [0.2, 0.25) is 5.88 Å². The molecule has 0 aliphatic carbocycles. The van der Waals surface area contributed by atoms with Crippen LogP contribution in [0.3, 0.4) is 0 Å². The Bertz CT molecular complexity index is 1310. The standard InChI is InChI=1S/C35H50N2O6/c1-10-35(32(39)40)29(34(6,7)8)28(43-21-23-18-19-26(33(3,4)5)36-30(23)41-9)27(24-16-12-11-15-22(24)2)37(35)31(38)25-17-13-14-20-42-25/h11-12,15-16,18-19,25,27-29H,10,13-14,17,20-21H2,1-9H3,(H,39,40)/t25?,27-,28+,29+,35-/m0/s1. The van der Waals surface area contributed by atoms with E-state index in [0.29, 0.717) is 18.9 Å². The molecule has 8 nitrogen and oxygen atoms in total. The van der Waals surface area contributed by atoms with Crippen LogP contribution in [0.15, 0.2) is 36.4 Å². The molecular weight excluding hydrogens is 544 g/mol. The molecule has 0 saturated carbocycles. The van der Waals surface area contributed by atoms with E-state index in [4.69, 9.17) is 19.2 Å². The second kappa shape index (κ2) is 12.6. The van der Waals surface area contributed by atoms with Crippen LogP contribution in [0.4, 0.5) is 0 Å². The van der Waals surface area contributed by atoms with Crippen LogP contribution < -0.4 is 4.74 Å². The lowest BCUT2D eigenvalue weighted by Crippen LogP contribution is -2.61. The number of carboxylic acid groups (broad SMARTS) is 1. The van der Waals surface area contributed by atoms with Crippen LogP contribution in [0.25, 0.3) is 0 Å². The lowest BCUT2D eigenvalue weighted by Gasteiger charge is -2.45. The molecule has 5 atom stereocenters. The zero-order chi connectivity index (χ0) is 31.7. The number of carboxylic acids is 1. The van der Waals surface area contributed by atoms with Gasteiger partial charge in [0.1, 0.15) is 11.6 Å². The normalized spacial score (nSPS) is 26.4. The van der Waals surface area contributed by atoms with E-state index in [2.05, 4.69) is 20.8 Å². The van der Waals surface area contributed by atoms with Gasteiger partial charge in [-0.25, -0.2) is 9.78 Å². The number of carbonyl (C=O) groups is 2. The number of pyridine rings is 1. The van der Waals surface area contributed by atoms with Gasteiger partial charge in [-0.2, -0.15) is 0 Å². The van der Waals surface area contributed by atoms with E-state index in [-0.39, 0.29) is 24.3 Å². The minimum atomic E-state index is -1.51. The number of aliphatic carboxylic acids is 1. The number of ether oxygens (including phenoxy) is 3. The predicted octanol–water partition coefficient (Wildman–Crippen LogP) is 6.63. The first-order chi connectivity index (χ1) is 20.2. The summed E-state index contributed by atoms with van der Waals surface area (Å²) in [5, 5.41) is 11.1. The first-order valence-electron chi connectivity index (χ1n) is 15.6. The zero-order valence-corrected chi connectivity index (χ0v) is 27.4. The second-order valence-corrected chi connectivity index (χ2v) is 14.2. The van der Waals surface area contributed by atoms with E-state index in [9.17, 15) is 14.7 Å². The van der Waals surface area contributed by atoms with Crippen molar-refractivity contribution in [3.63, 3.8) is 0 Å². The molecule has 2 aliphatic rings. The van der Waals surface area contributed by atoms with Crippen molar-refractivity contribution in [2.24, 2.45) is 11.3 Å². The summed E-state index contributed by atoms with van der Waals surface area (Å²) in [5.74, 6) is -1.34. The molecule has 43 heavy (non-hydrogen) atoms. The molecule has 3 heterocycles. The molecule has 0 bridgehead atoms. The van der Waals surface area contributed by atoms with Gasteiger partial charge in [-0.3, -0.25) is 4.79 Å². The molecule has 2 aliphatic heterocycles. The Morgan fingerprint density at radius 2 is 1.79 bits per heavy atom. The molecule has 1 unspecified atom stereocenters. The number of benzene rings is 1. The Morgan fingerprint density at radius 3 is 2.33 bits per heavy atom. The number of amides is 1. The van der Waals surface area contributed by atoms with Crippen LogP contribution >= 0.6 is 0 Å². The first kappa shape index (κ1) is 32.9. The molecule has 2 fully saturated rings. The summed E-state index contributed by atoms with van der Waals surface area (Å²) in [6.07, 6.45) is 1.25. The van der Waals surface area contributed by atoms with Gasteiger partial charge < -0.3 is 24.2 Å². The summed E-state index contributed by atoms with van der Waals surface area (Å²) in [5.41, 5.74) is 1.34. The maximum Gasteiger partial charge on any atom is 0.330 e. The van der Waals surface area contributed by atoms with E-state index in [1.54, 1.807) is 12.0 Å². The van der Waals surface area contributed by atoms with Gasteiger partial charge in [-0.15, -0.1) is 0 Å². The third-order valence-corrected chi connectivity index (χ3v) is 9.24. The lowest BCUT2D eigenvalue weighted by atomic mass is 9.66. The van der Waals surface area contributed by atoms with Crippen LogP contribution in [0, 0.1) is 18.3 Å². The van der Waals surface area contributed by atoms with Crippen LogP contribution in [0.5, 0.6) is 5.88 Å². The van der Waals surface area contributed by atoms with Gasteiger partial charge in [0, 0.05) is 29.2 Å². The van der Waals surface area contributed by atoms with Crippen LogP contribution in [0.1, 0.15) is 103 Å². The monoisotopic (exact) mass is 594 g/mol. The number of hydrogen-bond donors (Lipinski definition) is 1. The Labute approximate surface area is 257 Å². The summed E-state index contributed by atoms with van der Waals surface area (Å²) >= 11 is 0. The van der Waals surface area contributed by atoms with Crippen molar-refractivity contribution >= 4 is 11.9 Å². The number of aryl methyl sites for hydroxylation is 1. The quantitative estimate of drug-likeness (QED) is 0.366. The average molecular weight is 595 g/mol. The number of nitrogens with zero attached hydrogens (tertiary/aromatic N) is 2. The molecule has 4 rings (SSSR count). The summed E-state index contributed by atoms with van der Waals surface area (Å²) in [6.45, 7) is 16.9. The van der Waals surface area contributed by atoms with Gasteiger partial charge in [-0.05, 0) is 61.3 Å². The third-order valence-electron chi connectivity index (χ3n) is 9.24. The smallest absolute Gasteiger partial charge is 0.330 e. The fourth-order valence-electron chi connectivity index (χ4n) is 7.19. The minimum absolute atomic E-state index is 0.154. The fraction of sp³-hybridized carbons (Fsp3) is 0.629. The third kappa shape index (κ3) is 6.18. The number of methoxy groups -OCH3 is 1. The van der Waals surface area contributed by atoms with Crippen molar-refractivity contribution in [3.8, 4) is 5.88 Å². The molecule has 2 aromatic rings. The lowest BCUT2D eigenvalue weighted by molar-refractivity contribution is -0.170. The average Bonchev–Trinajstić information content (AvgIpc) is 3.27. The van der Waals surface area contributed by atoms with Gasteiger partial charge in [-0.1, -0.05) is 72.7 Å². The molecule has 0 radical (unpaired) electrons. The molecule has 1 N–H and O–H groups in total. The SMILES string of the molecule is CC[C@@]1(C(=O)O)[C@@H](C(C)(C)C)[C@H](OCc2ccc(C(C)(C)C)nc2OC)[C@H](c2ccccc2C)N1C(=O)C1CCCCO1. The van der Waals surface area contributed by atoms with Crippen molar-refractivity contribution in [3.05, 3.63) is 58.8 Å². The van der Waals surface area contributed by atoms with E-state index in [0.717, 1.165) is 35.2 Å². The Kier molecular flexibility index (Phi) is 9.62. The highest BCUT2D eigenvalue weighted by Crippen LogP contribution is 2.57. The number of aromatic nitrogens is 1. The predicted molar refractivity (Wildman–Crippen MR) is 166 cm³/mol. The van der Waals surface area contributed by atoms with E-state index in [1.165, 1.54) is 0 Å². The summed E-state index contributed by atoms with van der Waals surface area (Å²) < 4.78 is 18.6. The van der Waals surface area contributed by atoms with Crippen molar-refractivity contribution < 1.29 is 28.9 Å². The Hall–Kier alpha value is -2.97. The molecule has 2 saturated heterocycles. The molecule has 1 aromatic heterocycles.